The maximum Gasteiger partial charge on any atom is 0.363 e. The van der Waals surface area contributed by atoms with Crippen LogP contribution in [0.5, 0.6) is 5.75 Å². The number of carbonyl (C=O) groups excluding carboxylic acids is 1. The molecule has 0 saturated carbocycles. The van der Waals surface area contributed by atoms with Crippen molar-refractivity contribution in [3.63, 3.8) is 0 Å². The second-order valence-corrected chi connectivity index (χ2v) is 10.6. The highest BCUT2D eigenvalue weighted by atomic mass is 127. The van der Waals surface area contributed by atoms with Crippen LogP contribution >= 0.6 is 79.4 Å². The molecule has 31 heavy (non-hydrogen) atoms. The summed E-state index contributed by atoms with van der Waals surface area (Å²) in [4.78, 5) is 16.7. The molecule has 1 aliphatic rings. The second kappa shape index (κ2) is 10.2. The third kappa shape index (κ3) is 5.79. The fraction of sp³-hybridized carbons (Fsp3) is 0.0435. The van der Waals surface area contributed by atoms with E-state index in [4.69, 9.17) is 21.1 Å². The highest BCUT2D eigenvalue weighted by Crippen LogP contribution is 2.31. The zero-order valence-corrected chi connectivity index (χ0v) is 23.0. The molecule has 1 heterocycles. The Bertz CT molecular complexity index is 1180. The monoisotopic (exact) mass is 767 g/mol. The van der Waals surface area contributed by atoms with Crippen LogP contribution in [0.3, 0.4) is 0 Å². The molecule has 0 aromatic heterocycles. The molecule has 0 bridgehead atoms. The van der Waals surface area contributed by atoms with Crippen LogP contribution in [0.15, 0.2) is 71.4 Å². The zero-order valence-electron chi connectivity index (χ0n) is 15.7. The number of nitrogens with zero attached hydrogens (tertiary/aromatic N) is 1. The number of benzene rings is 3. The second-order valence-electron chi connectivity index (χ2n) is 6.57. The van der Waals surface area contributed by atoms with E-state index >= 15 is 0 Å². The lowest BCUT2D eigenvalue weighted by Gasteiger charge is -2.11. The molecule has 4 nitrogen and oxygen atoms in total. The Balaban J connectivity index is 1.54. The van der Waals surface area contributed by atoms with Crippen LogP contribution in [0.1, 0.15) is 16.7 Å². The van der Waals surface area contributed by atoms with Crippen molar-refractivity contribution in [2.45, 2.75) is 6.61 Å². The largest absolute Gasteiger partial charge is 0.487 e. The summed E-state index contributed by atoms with van der Waals surface area (Å²) in [5.41, 5.74) is 2.93. The summed E-state index contributed by atoms with van der Waals surface area (Å²) in [7, 11) is 0. The molecule has 0 atom stereocenters. The van der Waals surface area contributed by atoms with Gasteiger partial charge in [0.15, 0.2) is 5.70 Å². The Morgan fingerprint density at radius 2 is 1.61 bits per heavy atom. The lowest BCUT2D eigenvalue weighted by atomic mass is 10.2. The first-order chi connectivity index (χ1) is 14.9. The average molecular weight is 768 g/mol. The Labute approximate surface area is 225 Å². The van der Waals surface area contributed by atoms with Gasteiger partial charge in [-0.1, -0.05) is 23.7 Å². The summed E-state index contributed by atoms with van der Waals surface area (Å²) in [6.07, 6.45) is 1.73. The molecule has 0 saturated heterocycles. The molecule has 3 aromatic carbocycles. The smallest absolute Gasteiger partial charge is 0.363 e. The fourth-order valence-electron chi connectivity index (χ4n) is 2.82. The molecule has 0 radical (unpaired) electrons. The lowest BCUT2D eigenvalue weighted by Crippen LogP contribution is -2.05. The molecule has 4 rings (SSSR count). The number of halogens is 4. The van der Waals surface area contributed by atoms with E-state index in [9.17, 15) is 4.79 Å². The van der Waals surface area contributed by atoms with E-state index in [2.05, 4.69) is 72.8 Å². The third-order valence-electron chi connectivity index (χ3n) is 4.33. The summed E-state index contributed by atoms with van der Waals surface area (Å²) in [5, 5.41) is 0.698. The molecule has 0 spiro atoms. The van der Waals surface area contributed by atoms with Crippen molar-refractivity contribution < 1.29 is 14.3 Å². The summed E-state index contributed by atoms with van der Waals surface area (Å²) < 4.78 is 14.4. The van der Waals surface area contributed by atoms with Crippen LogP contribution in [0.4, 0.5) is 0 Å². The Kier molecular flexibility index (Phi) is 7.55. The normalized spacial score (nSPS) is 14.5. The van der Waals surface area contributed by atoms with Crippen molar-refractivity contribution in [3.05, 3.63) is 98.8 Å². The topological polar surface area (TPSA) is 47.9 Å². The number of cyclic esters (lactones) is 1. The minimum absolute atomic E-state index is 0.273. The lowest BCUT2D eigenvalue weighted by molar-refractivity contribution is -0.129. The Hall–Kier alpha value is -1.18. The minimum Gasteiger partial charge on any atom is -0.487 e. The molecule has 3 aromatic rings. The molecule has 1 aliphatic heterocycles. The molecule has 8 heteroatoms. The zero-order chi connectivity index (χ0) is 22.0. The molecule has 0 fully saturated rings. The highest BCUT2D eigenvalue weighted by molar-refractivity contribution is 14.1. The summed E-state index contributed by atoms with van der Waals surface area (Å²) in [6.45, 7) is 0.444. The van der Waals surface area contributed by atoms with Crippen LogP contribution in [0.2, 0.25) is 5.02 Å². The van der Waals surface area contributed by atoms with E-state index in [0.717, 1.165) is 33.2 Å². The molecule has 156 valence electrons. The summed E-state index contributed by atoms with van der Waals surface area (Å²) in [6, 6.07) is 19.1. The van der Waals surface area contributed by atoms with Gasteiger partial charge in [-0.05, 0) is 134 Å². The predicted octanol–water partition coefficient (Wildman–Crippen LogP) is 7.08. The summed E-state index contributed by atoms with van der Waals surface area (Å²) in [5.74, 6) is 0.664. The highest BCUT2D eigenvalue weighted by Gasteiger charge is 2.24. The van der Waals surface area contributed by atoms with Crippen molar-refractivity contribution in [1.29, 1.82) is 0 Å². The number of hydrogen-bond donors (Lipinski definition) is 0. The van der Waals surface area contributed by atoms with E-state index in [1.54, 1.807) is 6.08 Å². The number of rotatable bonds is 5. The quantitative estimate of drug-likeness (QED) is 0.159. The first-order valence-electron chi connectivity index (χ1n) is 9.04. The van der Waals surface area contributed by atoms with Gasteiger partial charge in [-0.25, -0.2) is 9.79 Å². The number of aliphatic imine (C=N–C) groups is 1. The molecule has 0 N–H and O–H groups in total. The van der Waals surface area contributed by atoms with Gasteiger partial charge in [0.05, 0.1) is 7.14 Å². The van der Waals surface area contributed by atoms with Gasteiger partial charge < -0.3 is 9.47 Å². The van der Waals surface area contributed by atoms with Crippen molar-refractivity contribution in [2.75, 3.05) is 0 Å². The van der Waals surface area contributed by atoms with E-state index < -0.39 is 5.97 Å². The van der Waals surface area contributed by atoms with Crippen LogP contribution in [0, 0.1) is 10.7 Å². The Morgan fingerprint density at radius 1 is 0.968 bits per heavy atom. The van der Waals surface area contributed by atoms with Gasteiger partial charge in [0.2, 0.25) is 5.90 Å². The van der Waals surface area contributed by atoms with Crippen molar-refractivity contribution in [2.24, 2.45) is 4.99 Å². The van der Waals surface area contributed by atoms with Gasteiger partial charge in [0.1, 0.15) is 12.4 Å². The fourth-order valence-corrected chi connectivity index (χ4v) is 5.43. The van der Waals surface area contributed by atoms with Gasteiger partial charge in [0, 0.05) is 14.2 Å². The molecule has 0 unspecified atom stereocenters. The molecule has 0 aliphatic carbocycles. The number of ether oxygens (including phenoxy) is 2. The predicted molar refractivity (Wildman–Crippen MR) is 147 cm³/mol. The van der Waals surface area contributed by atoms with Crippen LogP contribution in [-0.4, -0.2) is 11.9 Å². The average Bonchev–Trinajstić information content (AvgIpc) is 3.09. The van der Waals surface area contributed by atoms with Crippen LogP contribution in [0.25, 0.3) is 6.08 Å². The summed E-state index contributed by atoms with van der Waals surface area (Å²) >= 11 is 12.6. The van der Waals surface area contributed by atoms with Gasteiger partial charge >= 0.3 is 5.97 Å². The maximum absolute atomic E-state index is 12.3. The maximum atomic E-state index is 12.3. The molecular formula is C23H13ClI3NO3. The van der Waals surface area contributed by atoms with E-state index in [1.165, 1.54) is 0 Å². The molecular weight excluding hydrogens is 754 g/mol. The van der Waals surface area contributed by atoms with Crippen molar-refractivity contribution >= 4 is 97.3 Å². The van der Waals surface area contributed by atoms with E-state index in [0.29, 0.717) is 17.5 Å². The standard InChI is InChI=1S/C23H13ClI3NO3/c24-16-5-1-13(2-6-16)12-30-21-18(26)9-14(10-19(21)27)11-20-23(29)31-22(28-20)15-3-7-17(25)8-4-15/h1-11H,12H2/b20-11-. The van der Waals surface area contributed by atoms with Gasteiger partial charge in [-0.3, -0.25) is 0 Å². The van der Waals surface area contributed by atoms with Crippen molar-refractivity contribution in [1.82, 2.24) is 0 Å². The van der Waals surface area contributed by atoms with Gasteiger partial charge in [-0.15, -0.1) is 0 Å². The number of esters is 1. The van der Waals surface area contributed by atoms with Gasteiger partial charge in [-0.2, -0.15) is 0 Å². The van der Waals surface area contributed by atoms with Crippen LogP contribution < -0.4 is 4.74 Å². The van der Waals surface area contributed by atoms with E-state index in [-0.39, 0.29) is 5.70 Å². The minimum atomic E-state index is -0.457. The number of hydrogen-bond acceptors (Lipinski definition) is 4. The van der Waals surface area contributed by atoms with Crippen LogP contribution in [-0.2, 0) is 16.1 Å². The van der Waals surface area contributed by atoms with Crippen molar-refractivity contribution in [3.8, 4) is 5.75 Å². The van der Waals surface area contributed by atoms with Gasteiger partial charge in [0.25, 0.3) is 0 Å². The third-order valence-corrected chi connectivity index (χ3v) is 6.91. The van der Waals surface area contributed by atoms with E-state index in [1.807, 2.05) is 60.7 Å². The first kappa shape index (κ1) is 23.0. The number of carbonyl (C=O) groups is 1. The SMILES string of the molecule is O=C1OC(c2ccc(I)cc2)=N/C1=C\c1cc(I)c(OCc2ccc(Cl)cc2)c(I)c1. The first-order valence-corrected chi connectivity index (χ1v) is 12.7. The Morgan fingerprint density at radius 3 is 2.26 bits per heavy atom. The molecule has 0 amide bonds.